The van der Waals surface area contributed by atoms with Crippen LogP contribution in [0.1, 0.15) is 58.9 Å². The summed E-state index contributed by atoms with van der Waals surface area (Å²) in [6.45, 7) is 1.60. The second-order valence-electron chi connectivity index (χ2n) is 7.62. The van der Waals surface area contributed by atoms with Crippen molar-refractivity contribution in [1.29, 1.82) is 0 Å². The summed E-state index contributed by atoms with van der Waals surface area (Å²) in [5.41, 5.74) is 5.75. The first-order chi connectivity index (χ1) is 12.8. The molecule has 5 rings (SSSR count). The van der Waals surface area contributed by atoms with Crippen LogP contribution in [-0.4, -0.2) is 39.1 Å². The van der Waals surface area contributed by atoms with Gasteiger partial charge in [-0.2, -0.15) is 5.10 Å². The molecule has 2 aromatic heterocycles. The van der Waals surface area contributed by atoms with Crippen LogP contribution in [0.3, 0.4) is 0 Å². The lowest BCUT2D eigenvalue weighted by Gasteiger charge is -2.32. The lowest BCUT2D eigenvalue weighted by Crippen LogP contribution is -2.39. The molecule has 5 nitrogen and oxygen atoms in total. The summed E-state index contributed by atoms with van der Waals surface area (Å²) < 4.78 is 0. The Morgan fingerprint density at radius 3 is 2.96 bits per heavy atom. The third-order valence-corrected chi connectivity index (χ3v) is 6.03. The van der Waals surface area contributed by atoms with Crippen molar-refractivity contribution in [2.75, 3.05) is 13.1 Å². The number of carbonyl (C=O) groups excluding carboxylic acids is 1. The van der Waals surface area contributed by atoms with Crippen LogP contribution in [0.25, 0.3) is 10.9 Å². The Balaban J connectivity index is 1.47. The van der Waals surface area contributed by atoms with Gasteiger partial charge < -0.3 is 9.88 Å². The second kappa shape index (κ2) is 6.31. The number of nitrogens with zero attached hydrogens (tertiary/aromatic N) is 2. The summed E-state index contributed by atoms with van der Waals surface area (Å²) in [6.07, 6.45) is 8.64. The van der Waals surface area contributed by atoms with E-state index in [4.69, 9.17) is 0 Å². The minimum atomic E-state index is 0.151. The highest BCUT2D eigenvalue weighted by Crippen LogP contribution is 2.32. The van der Waals surface area contributed by atoms with Gasteiger partial charge in [-0.1, -0.05) is 12.1 Å². The Morgan fingerprint density at radius 2 is 2.08 bits per heavy atom. The highest BCUT2D eigenvalue weighted by molar-refractivity contribution is 6.06. The molecule has 0 unspecified atom stereocenters. The third kappa shape index (κ3) is 2.54. The molecule has 1 aliphatic heterocycles. The fourth-order valence-electron chi connectivity index (χ4n) is 4.69. The van der Waals surface area contributed by atoms with E-state index in [2.05, 4.69) is 21.2 Å². The molecule has 3 heterocycles. The average molecular weight is 348 g/mol. The summed E-state index contributed by atoms with van der Waals surface area (Å²) in [5, 5.41) is 8.39. The Bertz CT molecular complexity index is 940. The van der Waals surface area contributed by atoms with E-state index in [1.165, 1.54) is 29.5 Å². The van der Waals surface area contributed by atoms with Gasteiger partial charge in [-0.3, -0.25) is 9.89 Å². The standard InChI is InChI=1S/C21H24N4O/c26-21(25-12-4-5-14(13-25)18-10-11-22-24-18)17-8-3-7-16-15-6-1-2-9-19(15)23-20(16)17/h3,7-8,10-11,14,23H,1-2,4-6,9,12-13H2,(H,22,24)/t14-/m0/s1. The molecule has 0 spiro atoms. The first kappa shape index (κ1) is 15.7. The molecule has 134 valence electrons. The summed E-state index contributed by atoms with van der Waals surface area (Å²) in [6, 6.07) is 8.20. The molecule has 1 amide bonds. The van der Waals surface area contributed by atoms with E-state index in [9.17, 15) is 4.79 Å². The van der Waals surface area contributed by atoms with Crippen LogP contribution in [0.5, 0.6) is 0 Å². The van der Waals surface area contributed by atoms with Gasteiger partial charge in [0.05, 0.1) is 11.1 Å². The second-order valence-corrected chi connectivity index (χ2v) is 7.62. The van der Waals surface area contributed by atoms with Gasteiger partial charge in [0, 0.05) is 42.0 Å². The highest BCUT2D eigenvalue weighted by atomic mass is 16.2. The fourth-order valence-corrected chi connectivity index (χ4v) is 4.69. The molecule has 3 aromatic rings. The van der Waals surface area contributed by atoms with Crippen LogP contribution in [0.4, 0.5) is 0 Å². The van der Waals surface area contributed by atoms with E-state index in [-0.39, 0.29) is 5.91 Å². The number of aromatic nitrogens is 3. The number of hydrogen-bond donors (Lipinski definition) is 2. The average Bonchev–Trinajstić information content (AvgIpc) is 3.35. The number of aromatic amines is 2. The number of hydrogen-bond acceptors (Lipinski definition) is 2. The predicted molar refractivity (Wildman–Crippen MR) is 101 cm³/mol. The van der Waals surface area contributed by atoms with Gasteiger partial charge in [0.25, 0.3) is 5.91 Å². The van der Waals surface area contributed by atoms with Crippen molar-refractivity contribution in [3.8, 4) is 0 Å². The molecule has 2 N–H and O–H groups in total. The van der Waals surface area contributed by atoms with Crippen LogP contribution in [-0.2, 0) is 12.8 Å². The van der Waals surface area contributed by atoms with Crippen molar-refractivity contribution in [2.45, 2.75) is 44.4 Å². The van der Waals surface area contributed by atoms with E-state index in [1.807, 2.05) is 23.1 Å². The van der Waals surface area contributed by atoms with Crippen molar-refractivity contribution in [2.24, 2.45) is 0 Å². The van der Waals surface area contributed by atoms with Gasteiger partial charge in [-0.15, -0.1) is 0 Å². The van der Waals surface area contributed by atoms with Gasteiger partial charge in [0.2, 0.25) is 0 Å². The van der Waals surface area contributed by atoms with Crippen molar-refractivity contribution < 1.29 is 4.79 Å². The molecule has 1 aromatic carbocycles. The van der Waals surface area contributed by atoms with E-state index >= 15 is 0 Å². The SMILES string of the molecule is O=C(c1cccc2c3c([nH]c12)CCCC3)N1CCC[C@H](c2ccn[nH]2)C1. The molecule has 0 bridgehead atoms. The van der Waals surface area contributed by atoms with Crippen molar-refractivity contribution >= 4 is 16.8 Å². The molecule has 1 fully saturated rings. The Morgan fingerprint density at radius 1 is 1.15 bits per heavy atom. The van der Waals surface area contributed by atoms with Gasteiger partial charge in [-0.25, -0.2) is 0 Å². The first-order valence-electron chi connectivity index (χ1n) is 9.72. The first-order valence-corrected chi connectivity index (χ1v) is 9.72. The van der Waals surface area contributed by atoms with Gasteiger partial charge in [0.1, 0.15) is 0 Å². The van der Waals surface area contributed by atoms with Crippen LogP contribution in [0.2, 0.25) is 0 Å². The molecule has 1 aliphatic carbocycles. The molecule has 0 saturated carbocycles. The Hall–Kier alpha value is -2.56. The van der Waals surface area contributed by atoms with Gasteiger partial charge >= 0.3 is 0 Å². The maximum Gasteiger partial charge on any atom is 0.256 e. The van der Waals surface area contributed by atoms with Crippen molar-refractivity contribution in [3.05, 3.63) is 53.0 Å². The monoisotopic (exact) mass is 348 g/mol. The zero-order valence-corrected chi connectivity index (χ0v) is 14.9. The maximum absolute atomic E-state index is 13.3. The number of H-pyrrole nitrogens is 2. The number of likely N-dealkylation sites (tertiary alicyclic amines) is 1. The van der Waals surface area contributed by atoms with Gasteiger partial charge in [-0.05, 0) is 56.2 Å². The molecular weight excluding hydrogens is 324 g/mol. The minimum absolute atomic E-state index is 0.151. The van der Waals surface area contributed by atoms with E-state index in [0.29, 0.717) is 5.92 Å². The van der Waals surface area contributed by atoms with Crippen molar-refractivity contribution in [3.63, 3.8) is 0 Å². The normalized spacial score (nSPS) is 20.3. The summed E-state index contributed by atoms with van der Waals surface area (Å²) in [4.78, 5) is 18.9. The van der Waals surface area contributed by atoms with E-state index < -0.39 is 0 Å². The quantitative estimate of drug-likeness (QED) is 0.740. The number of amides is 1. The number of rotatable bonds is 2. The number of piperidine rings is 1. The molecule has 2 aliphatic rings. The van der Waals surface area contributed by atoms with Crippen LogP contribution in [0, 0.1) is 0 Å². The lowest BCUT2D eigenvalue weighted by atomic mass is 9.93. The van der Waals surface area contributed by atoms with E-state index in [1.54, 1.807) is 6.20 Å². The Labute approximate surface area is 152 Å². The third-order valence-electron chi connectivity index (χ3n) is 6.03. The van der Waals surface area contributed by atoms with Crippen LogP contribution >= 0.6 is 0 Å². The van der Waals surface area contributed by atoms with Crippen molar-refractivity contribution in [1.82, 2.24) is 20.1 Å². The lowest BCUT2D eigenvalue weighted by molar-refractivity contribution is 0.0707. The molecule has 1 saturated heterocycles. The zero-order valence-electron chi connectivity index (χ0n) is 14.9. The topological polar surface area (TPSA) is 64.8 Å². The summed E-state index contributed by atoms with van der Waals surface area (Å²) in [7, 11) is 0. The summed E-state index contributed by atoms with van der Waals surface area (Å²) >= 11 is 0. The predicted octanol–water partition coefficient (Wildman–Crippen LogP) is 3.79. The number of nitrogens with one attached hydrogen (secondary N) is 2. The zero-order chi connectivity index (χ0) is 17.5. The number of fused-ring (bicyclic) bond motifs is 3. The molecule has 5 heteroatoms. The minimum Gasteiger partial charge on any atom is -0.358 e. The van der Waals surface area contributed by atoms with E-state index in [0.717, 1.165) is 55.5 Å². The van der Waals surface area contributed by atoms with Crippen LogP contribution < -0.4 is 0 Å². The number of benzene rings is 1. The maximum atomic E-state index is 13.3. The largest absolute Gasteiger partial charge is 0.358 e. The highest BCUT2D eigenvalue weighted by Gasteiger charge is 2.28. The van der Waals surface area contributed by atoms with Gasteiger partial charge in [0.15, 0.2) is 0 Å². The smallest absolute Gasteiger partial charge is 0.256 e. The summed E-state index contributed by atoms with van der Waals surface area (Å²) in [5.74, 6) is 0.504. The molecule has 1 atom stereocenters. The van der Waals surface area contributed by atoms with Crippen LogP contribution in [0.15, 0.2) is 30.5 Å². The molecular formula is C21H24N4O. The fraction of sp³-hybridized carbons (Fsp3) is 0.429. The number of para-hydroxylation sites is 1. The number of aryl methyl sites for hydroxylation is 2. The molecule has 26 heavy (non-hydrogen) atoms. The number of carbonyl (C=O) groups is 1. The molecule has 0 radical (unpaired) electrons. The Kier molecular flexibility index (Phi) is 3.80.